The molecule has 2 heteroatoms. The Bertz CT molecular complexity index is 1230. The average molecular weight is 454 g/mol. The first kappa shape index (κ1) is 26.1. The maximum absolute atomic E-state index is 5.35. The van der Waals surface area contributed by atoms with Crippen molar-refractivity contribution in [1.29, 1.82) is 0 Å². The molecule has 3 aromatic carbocycles. The summed E-state index contributed by atoms with van der Waals surface area (Å²) >= 11 is 1.88. The summed E-state index contributed by atoms with van der Waals surface area (Å²) < 4.78 is 2.78. The van der Waals surface area contributed by atoms with Crippen molar-refractivity contribution in [2.75, 3.05) is 0 Å². The predicted molar refractivity (Wildman–Crippen MR) is 151 cm³/mol. The Balaban J connectivity index is 0.000000183. The lowest BCUT2D eigenvalue weighted by molar-refractivity contribution is 1.07. The average Bonchev–Trinajstić information content (AvgIpc) is 3.24. The number of fused-ring (bicyclic) bond motifs is 3. The number of rotatable bonds is 5. The van der Waals surface area contributed by atoms with E-state index in [0.29, 0.717) is 6.54 Å². The topological polar surface area (TPSA) is 26.0 Å². The standard InChI is InChI=1S/C13H10S.C11H16.C7H9N/c1-9-5-4-8-12-13(9)10-6-2-3-7-11(10)14-12;1-5-7-8-11(4)9-10(3)6-2;8-6-7-4-2-1-3-5-7/h2-8H,1H3;5-8H,1,4,9H2,2-3H3;1-5H,6,8H2/b;8-7-,10-6-;. The molecule has 0 amide bonds. The highest BCUT2D eigenvalue weighted by Crippen LogP contribution is 2.35. The molecule has 4 rings (SSSR count). The fourth-order valence-electron chi connectivity index (χ4n) is 3.29. The Morgan fingerprint density at radius 3 is 2.24 bits per heavy atom. The fraction of sp³-hybridized carbons (Fsp3) is 0.161. The Kier molecular flexibility index (Phi) is 11.1. The van der Waals surface area contributed by atoms with Crippen molar-refractivity contribution in [2.45, 2.75) is 33.7 Å². The van der Waals surface area contributed by atoms with Crippen LogP contribution < -0.4 is 5.73 Å². The second-order valence-electron chi connectivity index (χ2n) is 7.80. The summed E-state index contributed by atoms with van der Waals surface area (Å²) in [5, 5.41) is 2.82. The molecular formula is C31H35NS. The van der Waals surface area contributed by atoms with E-state index in [1.165, 1.54) is 36.9 Å². The molecule has 0 atom stereocenters. The van der Waals surface area contributed by atoms with Crippen LogP contribution in [0.5, 0.6) is 0 Å². The summed E-state index contributed by atoms with van der Waals surface area (Å²) in [5.74, 6) is 0. The molecule has 0 radical (unpaired) electrons. The van der Waals surface area contributed by atoms with Gasteiger partial charge in [-0.05, 0) is 50.5 Å². The molecule has 0 unspecified atom stereocenters. The molecule has 1 heterocycles. The molecule has 33 heavy (non-hydrogen) atoms. The minimum atomic E-state index is 0.640. The van der Waals surface area contributed by atoms with Gasteiger partial charge in [-0.15, -0.1) is 11.3 Å². The van der Waals surface area contributed by atoms with E-state index in [9.17, 15) is 0 Å². The third-order valence-corrected chi connectivity index (χ3v) is 6.29. The van der Waals surface area contributed by atoms with Crippen LogP contribution in [0.1, 0.15) is 31.4 Å². The zero-order chi connectivity index (χ0) is 24.1. The Hall–Kier alpha value is -3.20. The molecule has 1 aromatic heterocycles. The summed E-state index contributed by atoms with van der Waals surface area (Å²) in [4.78, 5) is 0. The van der Waals surface area contributed by atoms with Crippen LogP contribution in [0, 0.1) is 6.92 Å². The molecule has 0 saturated carbocycles. The van der Waals surface area contributed by atoms with Gasteiger partial charge in [0.2, 0.25) is 0 Å². The van der Waals surface area contributed by atoms with Crippen LogP contribution >= 0.6 is 11.3 Å². The summed E-state index contributed by atoms with van der Waals surface area (Å²) in [6.07, 6.45) is 8.72. The molecule has 0 saturated heterocycles. The van der Waals surface area contributed by atoms with E-state index in [2.05, 4.69) is 75.5 Å². The van der Waals surface area contributed by atoms with Crippen molar-refractivity contribution in [3.63, 3.8) is 0 Å². The van der Waals surface area contributed by atoms with Crippen molar-refractivity contribution in [1.82, 2.24) is 0 Å². The third kappa shape index (κ3) is 8.34. The van der Waals surface area contributed by atoms with Gasteiger partial charge >= 0.3 is 0 Å². The Morgan fingerprint density at radius 1 is 0.939 bits per heavy atom. The van der Waals surface area contributed by atoms with Crippen molar-refractivity contribution in [2.24, 2.45) is 5.73 Å². The van der Waals surface area contributed by atoms with E-state index in [0.717, 1.165) is 12.0 Å². The van der Waals surface area contributed by atoms with Gasteiger partial charge in [-0.2, -0.15) is 0 Å². The van der Waals surface area contributed by atoms with E-state index in [1.807, 2.05) is 60.7 Å². The van der Waals surface area contributed by atoms with Crippen molar-refractivity contribution in [3.8, 4) is 0 Å². The summed E-state index contributed by atoms with van der Waals surface area (Å²) in [5.41, 5.74) is 10.4. The maximum Gasteiger partial charge on any atom is 0.0358 e. The maximum atomic E-state index is 5.35. The highest BCUT2D eigenvalue weighted by atomic mass is 32.1. The predicted octanol–water partition coefficient (Wildman–Crippen LogP) is 9.15. The van der Waals surface area contributed by atoms with Crippen LogP contribution in [0.25, 0.3) is 20.2 Å². The molecule has 0 aliphatic carbocycles. The highest BCUT2D eigenvalue weighted by molar-refractivity contribution is 7.25. The molecule has 0 spiro atoms. The first-order valence-electron chi connectivity index (χ1n) is 11.2. The van der Waals surface area contributed by atoms with E-state index in [4.69, 9.17) is 5.73 Å². The van der Waals surface area contributed by atoms with Crippen molar-refractivity contribution >= 4 is 31.5 Å². The number of nitrogens with two attached hydrogens (primary N) is 1. The number of aryl methyl sites for hydroxylation is 1. The molecule has 0 aliphatic rings. The van der Waals surface area contributed by atoms with Gasteiger partial charge in [0.1, 0.15) is 0 Å². The summed E-state index contributed by atoms with van der Waals surface area (Å²) in [7, 11) is 0. The van der Waals surface area contributed by atoms with Crippen LogP contribution in [-0.4, -0.2) is 0 Å². The molecule has 170 valence electrons. The molecule has 0 aliphatic heterocycles. The van der Waals surface area contributed by atoms with Crippen molar-refractivity contribution in [3.05, 3.63) is 133 Å². The van der Waals surface area contributed by atoms with Gasteiger partial charge in [0.05, 0.1) is 0 Å². The SMILES string of the molecule is C=C/C=C\C(=C)C/C(C)=C\C.Cc1cccc2sc3ccccc3c12.NCc1ccccc1. The van der Waals surface area contributed by atoms with Crippen LogP contribution in [0.15, 0.2) is 121 Å². The van der Waals surface area contributed by atoms with Gasteiger partial charge in [-0.1, -0.05) is 109 Å². The van der Waals surface area contributed by atoms with Gasteiger partial charge in [-0.3, -0.25) is 0 Å². The lowest BCUT2D eigenvalue weighted by Gasteiger charge is -1.98. The number of hydrogen-bond donors (Lipinski definition) is 1. The third-order valence-electron chi connectivity index (χ3n) is 5.16. The summed E-state index contributed by atoms with van der Waals surface area (Å²) in [6, 6.07) is 25.1. The second-order valence-corrected chi connectivity index (χ2v) is 8.88. The zero-order valence-corrected chi connectivity index (χ0v) is 20.9. The first-order valence-corrected chi connectivity index (χ1v) is 12.0. The van der Waals surface area contributed by atoms with Crippen LogP contribution in [0.3, 0.4) is 0 Å². The Labute approximate surface area is 203 Å². The van der Waals surface area contributed by atoms with E-state index >= 15 is 0 Å². The monoisotopic (exact) mass is 453 g/mol. The zero-order valence-electron chi connectivity index (χ0n) is 20.1. The normalized spacial score (nSPS) is 11.0. The highest BCUT2D eigenvalue weighted by Gasteiger charge is 2.05. The van der Waals surface area contributed by atoms with Crippen molar-refractivity contribution < 1.29 is 0 Å². The van der Waals surface area contributed by atoms with Crippen LogP contribution in [0.2, 0.25) is 0 Å². The van der Waals surface area contributed by atoms with E-state index in [1.54, 1.807) is 6.08 Å². The van der Waals surface area contributed by atoms with Gasteiger partial charge < -0.3 is 5.73 Å². The van der Waals surface area contributed by atoms with Gasteiger partial charge in [-0.25, -0.2) is 0 Å². The van der Waals surface area contributed by atoms with Gasteiger partial charge in [0, 0.05) is 26.7 Å². The minimum absolute atomic E-state index is 0.640. The smallest absolute Gasteiger partial charge is 0.0358 e. The van der Waals surface area contributed by atoms with Gasteiger partial charge in [0.15, 0.2) is 0 Å². The Morgan fingerprint density at radius 2 is 1.61 bits per heavy atom. The van der Waals surface area contributed by atoms with Gasteiger partial charge in [0.25, 0.3) is 0 Å². The molecular weight excluding hydrogens is 418 g/mol. The van der Waals surface area contributed by atoms with E-state index < -0.39 is 0 Å². The number of allylic oxidation sites excluding steroid dienone is 6. The molecule has 2 N–H and O–H groups in total. The summed E-state index contributed by atoms with van der Waals surface area (Å²) in [6.45, 7) is 14.5. The number of hydrogen-bond acceptors (Lipinski definition) is 2. The second kappa shape index (κ2) is 14.1. The fourth-order valence-corrected chi connectivity index (χ4v) is 4.47. The quantitative estimate of drug-likeness (QED) is 0.236. The lowest BCUT2D eigenvalue weighted by Crippen LogP contribution is -1.94. The van der Waals surface area contributed by atoms with Crippen LogP contribution in [-0.2, 0) is 6.54 Å². The molecule has 0 fully saturated rings. The molecule has 0 bridgehead atoms. The number of thiophene rings is 1. The van der Waals surface area contributed by atoms with Crippen LogP contribution in [0.4, 0.5) is 0 Å². The largest absolute Gasteiger partial charge is 0.326 e. The lowest BCUT2D eigenvalue weighted by atomic mass is 10.1. The first-order chi connectivity index (χ1) is 16.0. The number of benzene rings is 3. The molecule has 1 nitrogen and oxygen atoms in total. The minimum Gasteiger partial charge on any atom is -0.326 e. The van der Waals surface area contributed by atoms with E-state index in [-0.39, 0.29) is 0 Å². The molecule has 4 aromatic rings.